The SMILES string of the molecule is C[C@@H](NC(=O)c1cc(Cl)nnc1NC(C)(C)CO)c1cccc(C(F)(F)F)c1F. The van der Waals surface area contributed by atoms with Gasteiger partial charge < -0.3 is 15.7 Å². The first kappa shape index (κ1) is 22.8. The molecule has 1 heterocycles. The van der Waals surface area contributed by atoms with Crippen LogP contribution in [0.3, 0.4) is 0 Å². The minimum absolute atomic E-state index is 0.00247. The molecular weight excluding hydrogens is 416 g/mol. The Morgan fingerprint density at radius 1 is 1.28 bits per heavy atom. The van der Waals surface area contributed by atoms with Gasteiger partial charge in [0.1, 0.15) is 5.82 Å². The fourth-order valence-electron chi connectivity index (χ4n) is 2.45. The quantitative estimate of drug-likeness (QED) is 0.599. The van der Waals surface area contributed by atoms with Gasteiger partial charge in [0.05, 0.1) is 29.3 Å². The summed E-state index contributed by atoms with van der Waals surface area (Å²) >= 11 is 5.80. The topological polar surface area (TPSA) is 87.1 Å². The number of hydrogen-bond donors (Lipinski definition) is 3. The number of hydrogen-bond acceptors (Lipinski definition) is 5. The van der Waals surface area contributed by atoms with E-state index in [9.17, 15) is 27.5 Å². The Morgan fingerprint density at radius 3 is 2.52 bits per heavy atom. The normalized spacial score (nSPS) is 13.1. The summed E-state index contributed by atoms with van der Waals surface area (Å²) in [6, 6.07) is 2.95. The Bertz CT molecular complexity index is 906. The molecule has 0 aliphatic heterocycles. The molecule has 1 atom stereocenters. The highest BCUT2D eigenvalue weighted by Gasteiger charge is 2.35. The van der Waals surface area contributed by atoms with Gasteiger partial charge in [-0.2, -0.15) is 13.2 Å². The van der Waals surface area contributed by atoms with E-state index < -0.39 is 35.0 Å². The predicted octanol–water partition coefficient (Wildman–Crippen LogP) is 3.96. The van der Waals surface area contributed by atoms with Crippen molar-refractivity contribution in [1.82, 2.24) is 15.5 Å². The maximum atomic E-state index is 14.3. The van der Waals surface area contributed by atoms with Crippen LogP contribution in [0, 0.1) is 5.82 Å². The lowest BCUT2D eigenvalue weighted by Gasteiger charge is -2.25. The number of rotatable bonds is 6. The number of anilines is 1. The molecule has 158 valence electrons. The molecule has 1 aromatic heterocycles. The van der Waals surface area contributed by atoms with E-state index in [1.165, 1.54) is 13.0 Å². The Hall–Kier alpha value is -2.46. The third-order valence-electron chi connectivity index (χ3n) is 4.01. The number of aliphatic hydroxyl groups excluding tert-OH is 1. The number of aliphatic hydroxyl groups is 1. The molecule has 0 aliphatic carbocycles. The van der Waals surface area contributed by atoms with Crippen LogP contribution in [-0.4, -0.2) is 33.4 Å². The summed E-state index contributed by atoms with van der Waals surface area (Å²) in [5.41, 5.74) is -2.66. The summed E-state index contributed by atoms with van der Waals surface area (Å²) in [4.78, 5) is 12.7. The van der Waals surface area contributed by atoms with Gasteiger partial charge in [-0.3, -0.25) is 4.79 Å². The van der Waals surface area contributed by atoms with Gasteiger partial charge in [0.15, 0.2) is 11.0 Å². The number of amides is 1. The lowest BCUT2D eigenvalue weighted by molar-refractivity contribution is -0.140. The van der Waals surface area contributed by atoms with E-state index in [0.29, 0.717) is 6.07 Å². The monoisotopic (exact) mass is 434 g/mol. The van der Waals surface area contributed by atoms with Crippen LogP contribution in [0.2, 0.25) is 5.15 Å². The first-order valence-electron chi connectivity index (χ1n) is 8.44. The number of benzene rings is 1. The minimum Gasteiger partial charge on any atom is -0.394 e. The first-order valence-corrected chi connectivity index (χ1v) is 8.82. The Balaban J connectivity index is 2.33. The zero-order chi connectivity index (χ0) is 22.0. The van der Waals surface area contributed by atoms with Gasteiger partial charge in [-0.1, -0.05) is 23.7 Å². The third-order valence-corrected chi connectivity index (χ3v) is 4.19. The lowest BCUT2D eigenvalue weighted by Crippen LogP contribution is -2.37. The number of nitrogens with zero attached hydrogens (tertiary/aromatic N) is 2. The number of carbonyl (C=O) groups is 1. The van der Waals surface area contributed by atoms with E-state index in [1.54, 1.807) is 13.8 Å². The number of carbonyl (C=O) groups excluding carboxylic acids is 1. The van der Waals surface area contributed by atoms with Crippen LogP contribution >= 0.6 is 11.6 Å². The summed E-state index contributed by atoms with van der Waals surface area (Å²) in [7, 11) is 0. The third kappa shape index (κ3) is 5.54. The Labute approximate surface area is 169 Å². The number of nitrogens with one attached hydrogen (secondary N) is 2. The minimum atomic E-state index is -4.86. The molecule has 2 rings (SSSR count). The van der Waals surface area contributed by atoms with Gasteiger partial charge in [-0.15, -0.1) is 10.2 Å². The highest BCUT2D eigenvalue weighted by molar-refractivity contribution is 6.29. The largest absolute Gasteiger partial charge is 0.419 e. The van der Waals surface area contributed by atoms with E-state index in [-0.39, 0.29) is 28.7 Å². The fourth-order valence-corrected chi connectivity index (χ4v) is 2.60. The van der Waals surface area contributed by atoms with Crippen LogP contribution in [0.15, 0.2) is 24.3 Å². The maximum Gasteiger partial charge on any atom is 0.419 e. The van der Waals surface area contributed by atoms with E-state index in [1.807, 2.05) is 0 Å². The van der Waals surface area contributed by atoms with Crippen LogP contribution in [0.5, 0.6) is 0 Å². The molecule has 0 saturated carbocycles. The van der Waals surface area contributed by atoms with Crippen molar-refractivity contribution < 1.29 is 27.5 Å². The van der Waals surface area contributed by atoms with Crippen molar-refractivity contribution in [2.24, 2.45) is 0 Å². The highest BCUT2D eigenvalue weighted by Crippen LogP contribution is 2.34. The molecule has 3 N–H and O–H groups in total. The molecule has 0 aliphatic rings. The number of aromatic nitrogens is 2. The molecule has 11 heteroatoms. The van der Waals surface area contributed by atoms with Gasteiger partial charge in [-0.25, -0.2) is 4.39 Å². The van der Waals surface area contributed by atoms with Crippen molar-refractivity contribution >= 4 is 23.3 Å². The average Bonchev–Trinajstić information content (AvgIpc) is 2.62. The predicted molar refractivity (Wildman–Crippen MR) is 99.1 cm³/mol. The first-order chi connectivity index (χ1) is 13.4. The van der Waals surface area contributed by atoms with Crippen LogP contribution in [0.25, 0.3) is 0 Å². The molecule has 29 heavy (non-hydrogen) atoms. The van der Waals surface area contributed by atoms with Gasteiger partial charge >= 0.3 is 6.18 Å². The summed E-state index contributed by atoms with van der Waals surface area (Å²) in [6.45, 7) is 4.35. The summed E-state index contributed by atoms with van der Waals surface area (Å²) in [5, 5.41) is 22.0. The van der Waals surface area contributed by atoms with E-state index in [2.05, 4.69) is 20.8 Å². The summed E-state index contributed by atoms with van der Waals surface area (Å²) in [6.07, 6.45) is -4.86. The zero-order valence-electron chi connectivity index (χ0n) is 15.7. The molecule has 0 spiro atoms. The van der Waals surface area contributed by atoms with Crippen molar-refractivity contribution in [3.8, 4) is 0 Å². The summed E-state index contributed by atoms with van der Waals surface area (Å²) < 4.78 is 53.1. The average molecular weight is 435 g/mol. The van der Waals surface area contributed by atoms with Gasteiger partial charge in [0, 0.05) is 5.56 Å². The molecule has 0 unspecified atom stereocenters. The van der Waals surface area contributed by atoms with Crippen molar-refractivity contribution in [1.29, 1.82) is 0 Å². The van der Waals surface area contributed by atoms with Crippen LogP contribution in [-0.2, 0) is 6.18 Å². The van der Waals surface area contributed by atoms with Crippen molar-refractivity contribution in [3.05, 3.63) is 51.9 Å². The molecule has 1 aromatic carbocycles. The van der Waals surface area contributed by atoms with Crippen LogP contribution in [0.4, 0.5) is 23.4 Å². The Morgan fingerprint density at radius 2 is 1.93 bits per heavy atom. The maximum absolute atomic E-state index is 14.3. The second-order valence-electron chi connectivity index (χ2n) is 7.00. The highest BCUT2D eigenvalue weighted by atomic mass is 35.5. The van der Waals surface area contributed by atoms with Crippen molar-refractivity contribution in [2.75, 3.05) is 11.9 Å². The Kier molecular flexibility index (Phi) is 6.69. The lowest BCUT2D eigenvalue weighted by atomic mass is 10.0. The molecule has 0 bridgehead atoms. The molecular formula is C18H19ClF4N4O2. The number of alkyl halides is 3. The van der Waals surface area contributed by atoms with Crippen molar-refractivity contribution in [2.45, 2.75) is 38.5 Å². The van der Waals surface area contributed by atoms with E-state index >= 15 is 0 Å². The van der Waals surface area contributed by atoms with Crippen LogP contribution < -0.4 is 10.6 Å². The molecule has 1 amide bonds. The molecule has 0 fully saturated rings. The second-order valence-corrected chi connectivity index (χ2v) is 7.39. The van der Waals surface area contributed by atoms with Crippen molar-refractivity contribution in [3.63, 3.8) is 0 Å². The zero-order valence-corrected chi connectivity index (χ0v) is 16.5. The van der Waals surface area contributed by atoms with Gasteiger partial charge in [0.2, 0.25) is 0 Å². The van der Waals surface area contributed by atoms with E-state index in [4.69, 9.17) is 11.6 Å². The smallest absolute Gasteiger partial charge is 0.394 e. The molecule has 0 radical (unpaired) electrons. The van der Waals surface area contributed by atoms with Gasteiger partial charge in [-0.05, 0) is 32.9 Å². The molecule has 2 aromatic rings. The molecule has 6 nitrogen and oxygen atoms in total. The van der Waals surface area contributed by atoms with Crippen LogP contribution in [0.1, 0.15) is 48.3 Å². The fraction of sp³-hybridized carbons (Fsp3) is 0.389. The molecule has 0 saturated heterocycles. The van der Waals surface area contributed by atoms with Gasteiger partial charge in [0.25, 0.3) is 5.91 Å². The standard InChI is InChI=1S/C18H19ClF4N4O2/c1-9(10-5-4-6-12(14(10)20)18(21,22)23)24-16(29)11-7-13(19)26-27-15(11)25-17(2,3)8-28/h4-7,9,28H,8H2,1-3H3,(H,24,29)(H,25,27)/t9-/m1/s1. The number of halogens is 5. The summed E-state index contributed by atoms with van der Waals surface area (Å²) in [5.74, 6) is -2.22. The van der Waals surface area contributed by atoms with E-state index in [0.717, 1.165) is 12.1 Å². The second kappa shape index (κ2) is 8.50.